The largest absolute Gasteiger partial charge is 0.475 e. The Bertz CT molecular complexity index is 1280. The molecule has 1 fully saturated rings. The first kappa shape index (κ1) is 28.0. The highest BCUT2D eigenvalue weighted by Gasteiger charge is 2.33. The zero-order chi connectivity index (χ0) is 27.8. The second-order valence-electron chi connectivity index (χ2n) is 9.94. The Morgan fingerprint density at radius 1 is 0.923 bits per heavy atom. The van der Waals surface area contributed by atoms with Crippen molar-refractivity contribution in [1.29, 1.82) is 0 Å². The molecule has 2 atom stereocenters. The molecule has 4 rings (SSSR count). The van der Waals surface area contributed by atoms with Crippen LogP contribution in [0.25, 0.3) is 11.3 Å². The maximum atomic E-state index is 13.3. The highest BCUT2D eigenvalue weighted by atomic mass is 16.4. The van der Waals surface area contributed by atoms with Gasteiger partial charge >= 0.3 is 7.12 Å². The Labute approximate surface area is 228 Å². The fraction of sp³-hybridized carbons (Fsp3) is 0.310. The number of aryl methyl sites for hydroxylation is 1. The normalized spacial score (nSPS) is 14.4. The van der Waals surface area contributed by atoms with E-state index in [1.807, 2.05) is 37.3 Å². The van der Waals surface area contributed by atoms with E-state index in [2.05, 4.69) is 20.9 Å². The molecule has 0 saturated heterocycles. The van der Waals surface area contributed by atoms with Gasteiger partial charge in [0.15, 0.2) is 0 Å². The summed E-state index contributed by atoms with van der Waals surface area (Å²) < 4.78 is 0. The summed E-state index contributed by atoms with van der Waals surface area (Å²) in [4.78, 5) is 43.6. The van der Waals surface area contributed by atoms with Crippen LogP contribution in [0.3, 0.4) is 0 Å². The second-order valence-corrected chi connectivity index (χ2v) is 9.94. The van der Waals surface area contributed by atoms with Gasteiger partial charge in [0.2, 0.25) is 5.91 Å². The first-order valence-electron chi connectivity index (χ1n) is 13.1. The number of carbonyl (C=O) groups is 3. The standard InChI is InChI=1S/C29H33BN4O5/c1-19-13-15-22(16-14-19)27(35)31-18-25(29(37)34-26(30(38)39)17-20-7-5-8-20)33-28(36)24-12-6-11-23(32-24)21-9-3-2-4-10-21/h2-4,6,9-16,20,25-26,38-39H,5,7-8,17-18H2,1H3,(H,31,35)(H,33,36)(H,34,37)/t25-,26-/m0/s1. The lowest BCUT2D eigenvalue weighted by molar-refractivity contribution is -0.123. The van der Waals surface area contributed by atoms with Crippen LogP contribution >= 0.6 is 0 Å². The van der Waals surface area contributed by atoms with Crippen LogP contribution in [0.1, 0.15) is 52.1 Å². The predicted octanol–water partition coefficient (Wildman–Crippen LogP) is 2.27. The highest BCUT2D eigenvalue weighted by Crippen LogP contribution is 2.30. The number of hydrogen-bond acceptors (Lipinski definition) is 6. The number of benzene rings is 2. The van der Waals surface area contributed by atoms with E-state index in [9.17, 15) is 24.4 Å². The summed E-state index contributed by atoms with van der Waals surface area (Å²) >= 11 is 0. The van der Waals surface area contributed by atoms with Crippen LogP contribution in [0.2, 0.25) is 0 Å². The molecule has 0 radical (unpaired) electrons. The van der Waals surface area contributed by atoms with Gasteiger partial charge in [-0.05, 0) is 43.5 Å². The fourth-order valence-electron chi connectivity index (χ4n) is 4.40. The molecule has 1 saturated carbocycles. The van der Waals surface area contributed by atoms with Gasteiger partial charge in [0.1, 0.15) is 11.7 Å². The van der Waals surface area contributed by atoms with E-state index >= 15 is 0 Å². The van der Waals surface area contributed by atoms with Gasteiger partial charge in [-0.3, -0.25) is 14.4 Å². The molecular weight excluding hydrogens is 495 g/mol. The van der Waals surface area contributed by atoms with Gasteiger partial charge < -0.3 is 26.0 Å². The van der Waals surface area contributed by atoms with Crippen molar-refractivity contribution in [3.8, 4) is 11.3 Å². The molecule has 0 unspecified atom stereocenters. The van der Waals surface area contributed by atoms with Crippen LogP contribution in [0.4, 0.5) is 0 Å². The average molecular weight is 528 g/mol. The maximum Gasteiger partial charge on any atom is 0.475 e. The van der Waals surface area contributed by atoms with Crippen LogP contribution in [0, 0.1) is 12.8 Å². The van der Waals surface area contributed by atoms with E-state index in [0.717, 1.165) is 30.4 Å². The van der Waals surface area contributed by atoms with Crippen molar-refractivity contribution in [1.82, 2.24) is 20.9 Å². The zero-order valence-electron chi connectivity index (χ0n) is 21.8. The molecule has 1 aromatic heterocycles. The third-order valence-electron chi connectivity index (χ3n) is 6.95. The Hall–Kier alpha value is -4.02. The first-order chi connectivity index (χ1) is 18.8. The van der Waals surface area contributed by atoms with Gasteiger partial charge in [-0.25, -0.2) is 4.98 Å². The summed E-state index contributed by atoms with van der Waals surface area (Å²) in [6, 6.07) is 20.2. The van der Waals surface area contributed by atoms with Crippen LogP contribution in [-0.4, -0.2) is 58.4 Å². The fourth-order valence-corrected chi connectivity index (χ4v) is 4.40. The summed E-state index contributed by atoms with van der Waals surface area (Å²) in [5, 5.41) is 27.8. The topological polar surface area (TPSA) is 141 Å². The van der Waals surface area contributed by atoms with Gasteiger partial charge in [-0.15, -0.1) is 0 Å². The van der Waals surface area contributed by atoms with Gasteiger partial charge in [-0.1, -0.05) is 73.4 Å². The second kappa shape index (κ2) is 13.2. The number of nitrogens with zero attached hydrogens (tertiary/aromatic N) is 1. The lowest BCUT2D eigenvalue weighted by Gasteiger charge is -2.30. The monoisotopic (exact) mass is 528 g/mol. The molecule has 0 aliphatic heterocycles. The van der Waals surface area contributed by atoms with Crippen molar-refractivity contribution in [3.63, 3.8) is 0 Å². The van der Waals surface area contributed by atoms with Crippen molar-refractivity contribution in [3.05, 3.63) is 89.6 Å². The lowest BCUT2D eigenvalue weighted by Crippen LogP contribution is -2.57. The molecule has 5 N–H and O–H groups in total. The van der Waals surface area contributed by atoms with Gasteiger partial charge in [0.05, 0.1) is 11.6 Å². The number of nitrogens with one attached hydrogen (secondary N) is 3. The number of carbonyl (C=O) groups excluding carboxylic acids is 3. The summed E-state index contributed by atoms with van der Waals surface area (Å²) in [7, 11) is -1.75. The van der Waals surface area contributed by atoms with E-state index in [4.69, 9.17) is 0 Å². The summed E-state index contributed by atoms with van der Waals surface area (Å²) in [6.07, 6.45) is 3.43. The predicted molar refractivity (Wildman–Crippen MR) is 149 cm³/mol. The van der Waals surface area contributed by atoms with Crippen molar-refractivity contribution in [2.75, 3.05) is 6.54 Å². The summed E-state index contributed by atoms with van der Waals surface area (Å²) in [5.74, 6) is -2.23. The van der Waals surface area contributed by atoms with Crippen LogP contribution in [0.5, 0.6) is 0 Å². The zero-order valence-corrected chi connectivity index (χ0v) is 21.8. The quantitative estimate of drug-likeness (QED) is 0.242. The van der Waals surface area contributed by atoms with Crippen LogP contribution < -0.4 is 16.0 Å². The van der Waals surface area contributed by atoms with Crippen LogP contribution in [-0.2, 0) is 4.79 Å². The molecule has 2 aromatic carbocycles. The van der Waals surface area contributed by atoms with Gasteiger partial charge in [0.25, 0.3) is 11.8 Å². The Balaban J connectivity index is 1.49. The van der Waals surface area contributed by atoms with E-state index in [0.29, 0.717) is 23.6 Å². The maximum absolute atomic E-state index is 13.3. The van der Waals surface area contributed by atoms with Crippen molar-refractivity contribution < 1.29 is 24.4 Å². The number of rotatable bonds is 11. The molecule has 1 heterocycles. The van der Waals surface area contributed by atoms with E-state index in [1.54, 1.807) is 42.5 Å². The number of amides is 3. The minimum atomic E-state index is -1.75. The molecule has 1 aliphatic carbocycles. The minimum Gasteiger partial charge on any atom is -0.426 e. The molecule has 0 bridgehead atoms. The van der Waals surface area contributed by atoms with Gasteiger partial charge in [-0.2, -0.15) is 0 Å². The van der Waals surface area contributed by atoms with Gasteiger partial charge in [0, 0.05) is 17.7 Å². The molecule has 39 heavy (non-hydrogen) atoms. The molecule has 3 amide bonds. The Morgan fingerprint density at radius 2 is 1.64 bits per heavy atom. The SMILES string of the molecule is Cc1ccc(C(=O)NC[C@H](NC(=O)c2cccc(-c3ccccc3)n2)C(=O)N[C@@H](CC2CCC2)B(O)O)cc1. The molecule has 1 aliphatic rings. The number of aromatic nitrogens is 1. The molecule has 0 spiro atoms. The van der Waals surface area contributed by atoms with E-state index in [-0.39, 0.29) is 12.2 Å². The minimum absolute atomic E-state index is 0.104. The number of hydrogen-bond donors (Lipinski definition) is 5. The van der Waals surface area contributed by atoms with Crippen LogP contribution in [0.15, 0.2) is 72.8 Å². The number of pyridine rings is 1. The molecule has 3 aromatic rings. The third-order valence-corrected chi connectivity index (χ3v) is 6.95. The summed E-state index contributed by atoms with van der Waals surface area (Å²) in [6.45, 7) is 1.70. The summed E-state index contributed by atoms with van der Waals surface area (Å²) in [5.41, 5.74) is 2.95. The van der Waals surface area contributed by atoms with E-state index in [1.165, 1.54) is 0 Å². The van der Waals surface area contributed by atoms with Crippen molar-refractivity contribution >= 4 is 24.8 Å². The van der Waals surface area contributed by atoms with Crippen molar-refractivity contribution in [2.45, 2.75) is 44.6 Å². The first-order valence-corrected chi connectivity index (χ1v) is 13.1. The van der Waals surface area contributed by atoms with E-state index < -0.39 is 36.8 Å². The Kier molecular flexibility index (Phi) is 9.46. The van der Waals surface area contributed by atoms with Crippen molar-refractivity contribution in [2.24, 2.45) is 5.92 Å². The third kappa shape index (κ3) is 7.75. The average Bonchev–Trinajstić information content (AvgIpc) is 2.92. The molecule has 9 nitrogen and oxygen atoms in total. The molecular formula is C29H33BN4O5. The Morgan fingerprint density at radius 3 is 2.28 bits per heavy atom. The smallest absolute Gasteiger partial charge is 0.426 e. The lowest BCUT2D eigenvalue weighted by atomic mass is 9.70. The molecule has 10 heteroatoms. The molecule has 202 valence electrons. The highest BCUT2D eigenvalue weighted by molar-refractivity contribution is 6.43.